The second-order valence-corrected chi connectivity index (χ2v) is 4.19. The Morgan fingerprint density at radius 2 is 1.28 bits per heavy atom. The van der Waals surface area contributed by atoms with Crippen molar-refractivity contribution in [2.24, 2.45) is 0 Å². The molecule has 0 saturated carbocycles. The van der Waals surface area contributed by atoms with Crippen molar-refractivity contribution in [1.82, 2.24) is 6.15 Å². The predicted molar refractivity (Wildman–Crippen MR) is 82.1 cm³/mol. The van der Waals surface area contributed by atoms with Gasteiger partial charge in [-0.2, -0.15) is 0 Å². The van der Waals surface area contributed by atoms with Crippen LogP contribution in [-0.2, 0) is 0 Å². The van der Waals surface area contributed by atoms with Gasteiger partial charge in [-0.3, -0.25) is 0 Å². The Labute approximate surface area is 126 Å². The Morgan fingerprint density at radius 3 is 1.56 bits per heavy atom. The molecule has 110 valence electrons. The van der Waals surface area contributed by atoms with Gasteiger partial charge in [-0.1, -0.05) is 33.1 Å². The van der Waals surface area contributed by atoms with Gasteiger partial charge >= 0.3 is 0 Å². The van der Waals surface area contributed by atoms with Crippen molar-refractivity contribution in [3.63, 3.8) is 0 Å². The molecule has 18 heavy (non-hydrogen) atoms. The van der Waals surface area contributed by atoms with E-state index in [0.29, 0.717) is 0 Å². The van der Waals surface area contributed by atoms with Gasteiger partial charge in [-0.15, -0.1) is 12.4 Å². The summed E-state index contributed by atoms with van der Waals surface area (Å²) in [7, 11) is 0. The molecule has 0 bridgehead atoms. The highest BCUT2D eigenvalue weighted by Gasteiger charge is 2.21. The van der Waals surface area contributed by atoms with Crippen molar-refractivity contribution < 1.29 is 16.9 Å². The number of halogens is 2. The van der Waals surface area contributed by atoms with E-state index in [4.69, 9.17) is 0 Å². The van der Waals surface area contributed by atoms with Crippen LogP contribution >= 0.6 is 12.4 Å². The second kappa shape index (κ2) is 16.7. The van der Waals surface area contributed by atoms with Crippen molar-refractivity contribution in [2.75, 3.05) is 26.2 Å². The maximum Gasteiger partial charge on any atom is 0.0975 e. The van der Waals surface area contributed by atoms with E-state index in [1.54, 1.807) is 0 Å². The molecule has 3 N–H and O–H groups in total. The first-order valence-corrected chi connectivity index (χ1v) is 5.92. The molecule has 0 radical (unpaired) electrons. The van der Waals surface area contributed by atoms with Crippen LogP contribution in [0.15, 0.2) is 38.0 Å². The first kappa shape index (κ1) is 26.3. The second-order valence-electron chi connectivity index (χ2n) is 4.19. The molecule has 0 amide bonds. The van der Waals surface area contributed by atoms with Crippen molar-refractivity contribution in [1.29, 1.82) is 0 Å². The summed E-state index contributed by atoms with van der Waals surface area (Å²) in [6.07, 6.45) is 9.91. The lowest BCUT2D eigenvalue weighted by atomic mass is 10.2. The summed E-state index contributed by atoms with van der Waals surface area (Å²) in [5, 5.41) is 0. The van der Waals surface area contributed by atoms with Gasteiger partial charge in [-0.25, -0.2) is 0 Å². The molecular weight excluding hydrogens is 267 g/mol. The zero-order chi connectivity index (χ0) is 11.6. The molecule has 0 aliphatic heterocycles. The Bertz CT molecular complexity index is 179. The fourth-order valence-electron chi connectivity index (χ4n) is 2.02. The molecule has 4 heteroatoms. The number of unbranched alkanes of at least 4 members (excludes halogenated alkanes) is 2. The van der Waals surface area contributed by atoms with E-state index in [2.05, 4.69) is 26.7 Å². The molecule has 0 heterocycles. The standard InChI is InChI=1S/C14H26N.2ClH.H3N/c1-5-9-10-14-15(11-6-2,12-7-3)13-8-4;;;/h6-8H,2-5,9-14H2,1H3;2*1H;1H3/q+1;;;/p-1. The topological polar surface area (TPSA) is 35.0 Å². The van der Waals surface area contributed by atoms with E-state index in [0.717, 1.165) is 24.1 Å². The summed E-state index contributed by atoms with van der Waals surface area (Å²) in [5.74, 6) is 0. The van der Waals surface area contributed by atoms with Gasteiger partial charge in [0.25, 0.3) is 0 Å². The van der Waals surface area contributed by atoms with Crippen LogP contribution < -0.4 is 18.6 Å². The van der Waals surface area contributed by atoms with E-state index in [-0.39, 0.29) is 31.0 Å². The van der Waals surface area contributed by atoms with Gasteiger partial charge in [0.15, 0.2) is 0 Å². The quantitative estimate of drug-likeness (QED) is 0.366. The average Bonchev–Trinajstić information content (AvgIpc) is 2.19. The number of quaternary nitrogens is 1. The largest absolute Gasteiger partial charge is 1.00 e. The predicted octanol–water partition coefficient (Wildman–Crippen LogP) is 1.14. The number of hydrogen-bond donors (Lipinski definition) is 1. The molecule has 0 aliphatic carbocycles. The van der Waals surface area contributed by atoms with Crippen LogP contribution in [0.2, 0.25) is 0 Å². The SMILES string of the molecule is C=CC[N+](CC=C)(CC=C)CCCCC.Cl.N.[Cl-]. The molecule has 2 nitrogen and oxygen atoms in total. The molecule has 0 saturated heterocycles. The van der Waals surface area contributed by atoms with Gasteiger partial charge in [-0.05, 0) is 31.1 Å². The van der Waals surface area contributed by atoms with E-state index >= 15 is 0 Å². The molecule has 0 aliphatic rings. The molecule has 0 aromatic heterocycles. The van der Waals surface area contributed by atoms with E-state index < -0.39 is 0 Å². The average molecular weight is 297 g/mol. The smallest absolute Gasteiger partial charge is 0.0975 e. The number of rotatable bonds is 10. The molecule has 0 aromatic rings. The van der Waals surface area contributed by atoms with Crippen LogP contribution in [0, 0.1) is 0 Å². The first-order chi connectivity index (χ1) is 7.24. The van der Waals surface area contributed by atoms with Crippen LogP contribution in [0.4, 0.5) is 0 Å². The summed E-state index contributed by atoms with van der Waals surface area (Å²) < 4.78 is 1.04. The zero-order valence-electron chi connectivity index (χ0n) is 11.7. The molecule has 0 atom stereocenters. The lowest BCUT2D eigenvalue weighted by Gasteiger charge is -2.36. The molecule has 0 rings (SSSR count). The molecule has 0 unspecified atom stereocenters. The monoisotopic (exact) mass is 296 g/mol. The van der Waals surface area contributed by atoms with Gasteiger partial charge < -0.3 is 23.0 Å². The fraction of sp³-hybridized carbons (Fsp3) is 0.571. The van der Waals surface area contributed by atoms with Crippen LogP contribution in [-0.4, -0.2) is 30.7 Å². The van der Waals surface area contributed by atoms with Crippen LogP contribution in [0.3, 0.4) is 0 Å². The molecule has 0 aromatic carbocycles. The molecular formula is C14H30Cl2N2. The zero-order valence-corrected chi connectivity index (χ0v) is 13.3. The third-order valence-electron chi connectivity index (χ3n) is 2.79. The Balaban J connectivity index is -0.000000327. The highest BCUT2D eigenvalue weighted by atomic mass is 35.5. The van der Waals surface area contributed by atoms with Crippen LogP contribution in [0.1, 0.15) is 26.2 Å². The Morgan fingerprint density at radius 1 is 0.889 bits per heavy atom. The highest BCUT2D eigenvalue weighted by Crippen LogP contribution is 2.11. The third kappa shape index (κ3) is 10.8. The highest BCUT2D eigenvalue weighted by molar-refractivity contribution is 5.85. The number of hydrogen-bond acceptors (Lipinski definition) is 1. The number of nitrogens with zero attached hydrogens (tertiary/aromatic N) is 1. The van der Waals surface area contributed by atoms with Gasteiger partial charge in [0.1, 0.15) is 0 Å². The maximum atomic E-state index is 3.85. The van der Waals surface area contributed by atoms with Crippen molar-refractivity contribution in [2.45, 2.75) is 26.2 Å². The van der Waals surface area contributed by atoms with Gasteiger partial charge in [0.2, 0.25) is 0 Å². The normalized spacial score (nSPS) is 9.17. The van der Waals surface area contributed by atoms with Crippen molar-refractivity contribution >= 4 is 12.4 Å². The third-order valence-corrected chi connectivity index (χ3v) is 2.79. The summed E-state index contributed by atoms with van der Waals surface area (Å²) >= 11 is 0. The van der Waals surface area contributed by atoms with Gasteiger partial charge in [0.05, 0.1) is 26.2 Å². The van der Waals surface area contributed by atoms with Crippen LogP contribution in [0.25, 0.3) is 0 Å². The lowest BCUT2D eigenvalue weighted by Crippen LogP contribution is -3.00. The first-order valence-electron chi connectivity index (χ1n) is 5.92. The maximum absolute atomic E-state index is 3.85. The van der Waals surface area contributed by atoms with E-state index in [9.17, 15) is 0 Å². The summed E-state index contributed by atoms with van der Waals surface area (Å²) in [5.41, 5.74) is 0. The minimum absolute atomic E-state index is 0. The summed E-state index contributed by atoms with van der Waals surface area (Å²) in [4.78, 5) is 0. The van der Waals surface area contributed by atoms with Gasteiger partial charge in [0, 0.05) is 0 Å². The van der Waals surface area contributed by atoms with E-state index in [1.807, 2.05) is 18.2 Å². The van der Waals surface area contributed by atoms with Crippen molar-refractivity contribution in [3.05, 3.63) is 38.0 Å². The van der Waals surface area contributed by atoms with E-state index in [1.165, 1.54) is 25.8 Å². The molecule has 0 fully saturated rings. The Kier molecular flexibility index (Phi) is 24.4. The summed E-state index contributed by atoms with van der Waals surface area (Å²) in [6, 6.07) is 0. The molecule has 0 spiro atoms. The minimum atomic E-state index is 0. The summed E-state index contributed by atoms with van der Waals surface area (Å²) in [6.45, 7) is 18.1. The Hall–Kier alpha value is -0.280. The lowest BCUT2D eigenvalue weighted by molar-refractivity contribution is -0.912. The van der Waals surface area contributed by atoms with Crippen LogP contribution in [0.5, 0.6) is 0 Å². The minimum Gasteiger partial charge on any atom is -1.00 e. The van der Waals surface area contributed by atoms with Crippen molar-refractivity contribution in [3.8, 4) is 0 Å². The fourth-order valence-corrected chi connectivity index (χ4v) is 2.02.